The Balaban J connectivity index is 1.68. The molecule has 3 aromatic rings. The Morgan fingerprint density at radius 1 is 1.18 bits per heavy atom. The van der Waals surface area contributed by atoms with Crippen LogP contribution in [0.4, 0.5) is 11.4 Å². The van der Waals surface area contributed by atoms with Gasteiger partial charge in [-0.2, -0.15) is 5.10 Å². The minimum Gasteiger partial charge on any atom is -0.379 e. The number of rotatable bonds is 8. The van der Waals surface area contributed by atoms with Crippen molar-refractivity contribution in [1.82, 2.24) is 14.5 Å². The van der Waals surface area contributed by atoms with E-state index in [4.69, 9.17) is 0 Å². The van der Waals surface area contributed by atoms with Crippen LogP contribution in [0.1, 0.15) is 5.56 Å². The molecule has 1 heterocycles. The minimum atomic E-state index is -3.75. The summed E-state index contributed by atoms with van der Waals surface area (Å²) in [6.45, 7) is 0.458. The van der Waals surface area contributed by atoms with Gasteiger partial charge in [0.1, 0.15) is 5.69 Å². The zero-order chi connectivity index (χ0) is 20.1. The molecule has 1 aromatic heterocycles. The Labute approximate surface area is 162 Å². The minimum absolute atomic E-state index is 0.151. The van der Waals surface area contributed by atoms with Gasteiger partial charge in [0.2, 0.25) is 10.0 Å². The highest BCUT2D eigenvalue weighted by molar-refractivity contribution is 7.89. The van der Waals surface area contributed by atoms with Gasteiger partial charge in [0.15, 0.2) is 0 Å². The van der Waals surface area contributed by atoms with Crippen LogP contribution in [0.2, 0.25) is 0 Å². The zero-order valence-corrected chi connectivity index (χ0v) is 15.9. The molecule has 0 atom stereocenters. The van der Waals surface area contributed by atoms with Crippen molar-refractivity contribution in [2.45, 2.75) is 11.3 Å². The molecule has 0 radical (unpaired) electrons. The number of sulfonamides is 1. The second-order valence-corrected chi connectivity index (χ2v) is 7.82. The van der Waals surface area contributed by atoms with Crippen LogP contribution in [0.3, 0.4) is 0 Å². The molecule has 9 nitrogen and oxygen atoms in total. The molecule has 0 amide bonds. The smallest absolute Gasteiger partial charge is 0.293 e. The number of hydrogen-bond acceptors (Lipinski definition) is 6. The largest absolute Gasteiger partial charge is 0.379 e. The monoisotopic (exact) mass is 401 g/mol. The van der Waals surface area contributed by atoms with E-state index < -0.39 is 14.9 Å². The summed E-state index contributed by atoms with van der Waals surface area (Å²) in [5.74, 6) is 0. The average Bonchev–Trinajstić information content (AvgIpc) is 3.23. The molecule has 0 spiro atoms. The lowest BCUT2D eigenvalue weighted by molar-refractivity contribution is -0.384. The van der Waals surface area contributed by atoms with E-state index in [1.807, 2.05) is 36.5 Å². The number of aromatic nitrogens is 2. The molecule has 0 saturated carbocycles. The Morgan fingerprint density at radius 3 is 2.54 bits per heavy atom. The van der Waals surface area contributed by atoms with Crippen LogP contribution in [0.5, 0.6) is 0 Å². The van der Waals surface area contributed by atoms with Gasteiger partial charge in [0.25, 0.3) is 5.69 Å². The van der Waals surface area contributed by atoms with Crippen molar-refractivity contribution in [3.05, 3.63) is 76.6 Å². The molecule has 28 heavy (non-hydrogen) atoms. The molecule has 2 aromatic carbocycles. The normalized spacial score (nSPS) is 11.3. The van der Waals surface area contributed by atoms with Gasteiger partial charge >= 0.3 is 0 Å². The number of hydrogen-bond donors (Lipinski definition) is 2. The second kappa shape index (κ2) is 8.19. The van der Waals surface area contributed by atoms with Gasteiger partial charge in [0.05, 0.1) is 15.5 Å². The standard InChI is InChI=1S/C18H19N5O4S/c1-19-28(26,27)16-7-8-17(18(13-16)23(24)25)20-11-9-14-3-5-15(6-4-14)22-12-2-10-21-22/h2-8,10,12-13,19-20H,9,11H2,1H3. The molecule has 0 aliphatic rings. The second-order valence-electron chi connectivity index (χ2n) is 5.94. The fourth-order valence-corrected chi connectivity index (χ4v) is 3.43. The molecule has 0 bridgehead atoms. The van der Waals surface area contributed by atoms with Gasteiger partial charge in [-0.3, -0.25) is 10.1 Å². The SMILES string of the molecule is CNS(=O)(=O)c1ccc(NCCc2ccc(-n3cccn3)cc2)c([N+](=O)[O-])c1. The van der Waals surface area contributed by atoms with Gasteiger partial charge in [0, 0.05) is 25.0 Å². The van der Waals surface area contributed by atoms with Crippen molar-refractivity contribution >= 4 is 21.4 Å². The predicted octanol–water partition coefficient (Wildman–Crippen LogP) is 2.34. The number of benzene rings is 2. The predicted molar refractivity (Wildman–Crippen MR) is 105 cm³/mol. The summed E-state index contributed by atoms with van der Waals surface area (Å²) in [6, 6.07) is 13.5. The maximum absolute atomic E-state index is 11.8. The van der Waals surface area contributed by atoms with Gasteiger partial charge in [-0.05, 0) is 49.4 Å². The zero-order valence-electron chi connectivity index (χ0n) is 15.1. The van der Waals surface area contributed by atoms with Crippen molar-refractivity contribution in [3.8, 4) is 5.69 Å². The Morgan fingerprint density at radius 2 is 1.93 bits per heavy atom. The maximum Gasteiger partial charge on any atom is 0.293 e. The van der Waals surface area contributed by atoms with Crippen LogP contribution in [-0.4, -0.2) is 36.7 Å². The molecule has 0 aliphatic carbocycles. The van der Waals surface area contributed by atoms with Crippen molar-refractivity contribution in [2.24, 2.45) is 0 Å². The fourth-order valence-electron chi connectivity index (χ4n) is 2.68. The molecule has 0 unspecified atom stereocenters. The van der Waals surface area contributed by atoms with Crippen LogP contribution >= 0.6 is 0 Å². The molecule has 10 heteroatoms. The summed E-state index contributed by atoms with van der Waals surface area (Å²) < 4.78 is 27.6. The first-order valence-corrected chi connectivity index (χ1v) is 9.94. The highest BCUT2D eigenvalue weighted by atomic mass is 32.2. The molecule has 146 valence electrons. The van der Waals surface area contributed by atoms with Gasteiger partial charge < -0.3 is 5.32 Å². The van der Waals surface area contributed by atoms with Crippen molar-refractivity contribution in [1.29, 1.82) is 0 Å². The Bertz CT molecular complexity index is 1060. The number of nitrogens with one attached hydrogen (secondary N) is 2. The number of nitrogens with zero attached hydrogens (tertiary/aromatic N) is 3. The molecule has 0 aliphatic heterocycles. The summed E-state index contributed by atoms with van der Waals surface area (Å²) in [7, 11) is -2.49. The van der Waals surface area contributed by atoms with E-state index in [2.05, 4.69) is 15.1 Å². The molecule has 2 N–H and O–H groups in total. The summed E-state index contributed by atoms with van der Waals surface area (Å²) in [6.07, 6.45) is 4.21. The Kier molecular flexibility index (Phi) is 5.71. The Hall–Kier alpha value is -3.24. The van der Waals surface area contributed by atoms with Crippen LogP contribution < -0.4 is 10.0 Å². The van der Waals surface area contributed by atoms with Gasteiger partial charge in [-0.1, -0.05) is 12.1 Å². The van der Waals surface area contributed by atoms with E-state index in [1.54, 1.807) is 10.9 Å². The molecule has 0 saturated heterocycles. The fraction of sp³-hybridized carbons (Fsp3) is 0.167. The first-order valence-electron chi connectivity index (χ1n) is 8.45. The van der Waals surface area contributed by atoms with E-state index in [9.17, 15) is 18.5 Å². The van der Waals surface area contributed by atoms with E-state index in [0.717, 1.165) is 17.3 Å². The third-order valence-electron chi connectivity index (χ3n) is 4.18. The van der Waals surface area contributed by atoms with Crippen LogP contribution in [-0.2, 0) is 16.4 Å². The highest BCUT2D eigenvalue weighted by Gasteiger charge is 2.20. The molecule has 0 fully saturated rings. The van der Waals surface area contributed by atoms with E-state index in [0.29, 0.717) is 13.0 Å². The average molecular weight is 401 g/mol. The molecular formula is C18H19N5O4S. The first kappa shape index (κ1) is 19.5. The quantitative estimate of drug-likeness (QED) is 0.442. The third kappa shape index (κ3) is 4.35. The van der Waals surface area contributed by atoms with E-state index >= 15 is 0 Å². The lowest BCUT2D eigenvalue weighted by Gasteiger charge is -2.09. The van der Waals surface area contributed by atoms with Gasteiger partial charge in [-0.25, -0.2) is 17.8 Å². The summed E-state index contributed by atoms with van der Waals surface area (Å²) in [4.78, 5) is 10.6. The van der Waals surface area contributed by atoms with Crippen LogP contribution in [0.25, 0.3) is 5.69 Å². The molecule has 3 rings (SSSR count). The van der Waals surface area contributed by atoms with E-state index in [1.165, 1.54) is 19.2 Å². The maximum atomic E-state index is 11.8. The topological polar surface area (TPSA) is 119 Å². The van der Waals surface area contributed by atoms with Crippen molar-refractivity contribution in [2.75, 3.05) is 18.9 Å². The van der Waals surface area contributed by atoms with Crippen molar-refractivity contribution in [3.63, 3.8) is 0 Å². The van der Waals surface area contributed by atoms with Crippen LogP contribution in [0, 0.1) is 10.1 Å². The number of anilines is 1. The van der Waals surface area contributed by atoms with Gasteiger partial charge in [-0.15, -0.1) is 0 Å². The lowest BCUT2D eigenvalue weighted by Crippen LogP contribution is -2.19. The summed E-state index contributed by atoms with van der Waals surface area (Å²) in [5.41, 5.74) is 1.98. The summed E-state index contributed by atoms with van der Waals surface area (Å²) in [5, 5.41) is 18.5. The molecular weight excluding hydrogens is 382 g/mol. The van der Waals surface area contributed by atoms with Crippen molar-refractivity contribution < 1.29 is 13.3 Å². The summed E-state index contributed by atoms with van der Waals surface area (Å²) >= 11 is 0. The number of nitro groups is 1. The lowest BCUT2D eigenvalue weighted by atomic mass is 10.1. The van der Waals surface area contributed by atoms with E-state index in [-0.39, 0.29) is 16.3 Å². The first-order chi connectivity index (χ1) is 13.4. The van der Waals surface area contributed by atoms with Crippen LogP contribution in [0.15, 0.2) is 65.8 Å². The highest BCUT2D eigenvalue weighted by Crippen LogP contribution is 2.27. The number of nitro benzene ring substituents is 1. The third-order valence-corrected chi connectivity index (χ3v) is 5.59.